The van der Waals surface area contributed by atoms with E-state index in [2.05, 4.69) is 51.9 Å². The first-order chi connectivity index (χ1) is 8.49. The Morgan fingerprint density at radius 3 is 2.44 bits per heavy atom. The predicted octanol–water partition coefficient (Wildman–Crippen LogP) is 3.61. The minimum absolute atomic E-state index is 0.518. The number of anilines is 1. The van der Waals surface area contributed by atoms with Gasteiger partial charge in [-0.15, -0.1) is 11.3 Å². The highest BCUT2D eigenvalue weighted by Gasteiger charge is 2.17. The van der Waals surface area contributed by atoms with Gasteiger partial charge in [0.25, 0.3) is 0 Å². The van der Waals surface area contributed by atoms with E-state index in [1.165, 1.54) is 10.6 Å². The molecule has 0 bridgehead atoms. The van der Waals surface area contributed by atoms with Crippen molar-refractivity contribution < 1.29 is 0 Å². The minimum atomic E-state index is 0.518. The Morgan fingerprint density at radius 2 is 1.94 bits per heavy atom. The average Bonchev–Trinajstić information content (AvgIpc) is 2.78. The van der Waals surface area contributed by atoms with Crippen LogP contribution in [0.2, 0.25) is 0 Å². The molecule has 104 valence electrons. The summed E-state index contributed by atoms with van der Waals surface area (Å²) in [7, 11) is 2.11. The Labute approximate surface area is 116 Å². The van der Waals surface area contributed by atoms with Crippen molar-refractivity contribution in [1.29, 1.82) is 0 Å². The Kier molecular flexibility index (Phi) is 6.09. The fraction of sp³-hybridized carbons (Fsp3) is 0.786. The van der Waals surface area contributed by atoms with Crippen LogP contribution in [0.4, 0.5) is 5.13 Å². The van der Waals surface area contributed by atoms with Crippen LogP contribution in [-0.2, 0) is 6.54 Å². The summed E-state index contributed by atoms with van der Waals surface area (Å²) in [5, 5.41) is 4.65. The van der Waals surface area contributed by atoms with E-state index in [4.69, 9.17) is 4.98 Å². The number of rotatable bonds is 7. The van der Waals surface area contributed by atoms with Gasteiger partial charge in [-0.1, -0.05) is 27.7 Å². The van der Waals surface area contributed by atoms with Gasteiger partial charge in [0.15, 0.2) is 5.13 Å². The number of nitrogens with one attached hydrogen (secondary N) is 1. The van der Waals surface area contributed by atoms with Crippen LogP contribution in [0.15, 0.2) is 0 Å². The van der Waals surface area contributed by atoms with Crippen molar-refractivity contribution in [2.75, 3.05) is 18.5 Å². The second-order valence-electron chi connectivity index (χ2n) is 5.16. The van der Waals surface area contributed by atoms with Gasteiger partial charge in [-0.3, -0.25) is 0 Å². The van der Waals surface area contributed by atoms with Crippen molar-refractivity contribution in [3.05, 3.63) is 10.6 Å². The molecule has 0 radical (unpaired) electrons. The molecule has 1 aromatic rings. The largest absolute Gasteiger partial charge is 0.351 e. The van der Waals surface area contributed by atoms with E-state index in [1.54, 1.807) is 0 Å². The van der Waals surface area contributed by atoms with E-state index in [1.807, 2.05) is 11.3 Å². The molecular formula is C14H27N3S. The highest BCUT2D eigenvalue weighted by molar-refractivity contribution is 7.15. The number of hydrogen-bond acceptors (Lipinski definition) is 4. The Bertz CT molecular complexity index is 360. The summed E-state index contributed by atoms with van der Waals surface area (Å²) in [5.41, 5.74) is 1.28. The van der Waals surface area contributed by atoms with Gasteiger partial charge >= 0.3 is 0 Å². The van der Waals surface area contributed by atoms with Gasteiger partial charge in [0.1, 0.15) is 0 Å². The summed E-state index contributed by atoms with van der Waals surface area (Å²) in [6.07, 6.45) is 1.15. The maximum absolute atomic E-state index is 4.83. The van der Waals surface area contributed by atoms with Crippen molar-refractivity contribution in [2.45, 2.75) is 59.5 Å². The smallest absolute Gasteiger partial charge is 0.185 e. The van der Waals surface area contributed by atoms with E-state index in [0.29, 0.717) is 12.0 Å². The van der Waals surface area contributed by atoms with Crippen LogP contribution < -0.4 is 10.2 Å². The normalized spacial score (nSPS) is 13.1. The number of nitrogens with zero attached hydrogens (tertiary/aromatic N) is 2. The van der Waals surface area contributed by atoms with Crippen LogP contribution >= 0.6 is 11.3 Å². The third-order valence-electron chi connectivity index (χ3n) is 3.27. The first-order valence-corrected chi connectivity index (χ1v) is 7.75. The van der Waals surface area contributed by atoms with Gasteiger partial charge in [0, 0.05) is 31.1 Å². The molecule has 0 aromatic carbocycles. The quantitative estimate of drug-likeness (QED) is 0.819. The van der Waals surface area contributed by atoms with Crippen LogP contribution in [-0.4, -0.2) is 24.6 Å². The van der Waals surface area contributed by atoms with Crippen LogP contribution in [0, 0.1) is 0 Å². The van der Waals surface area contributed by atoms with Gasteiger partial charge in [0.2, 0.25) is 0 Å². The molecule has 0 aliphatic rings. The van der Waals surface area contributed by atoms with Crippen LogP contribution in [0.25, 0.3) is 0 Å². The monoisotopic (exact) mass is 269 g/mol. The van der Waals surface area contributed by atoms with Crippen molar-refractivity contribution in [1.82, 2.24) is 10.3 Å². The van der Waals surface area contributed by atoms with Crippen LogP contribution in [0.1, 0.15) is 57.5 Å². The number of aromatic nitrogens is 1. The summed E-state index contributed by atoms with van der Waals surface area (Å²) < 4.78 is 0. The SMILES string of the molecule is CCC(C)c1nc(N(C)CC)sc1CNC(C)C. The summed E-state index contributed by atoms with van der Waals surface area (Å²) in [5.74, 6) is 0.546. The third-order valence-corrected chi connectivity index (χ3v) is 4.45. The molecule has 0 saturated carbocycles. The van der Waals surface area contributed by atoms with Gasteiger partial charge < -0.3 is 10.2 Å². The topological polar surface area (TPSA) is 28.2 Å². The van der Waals surface area contributed by atoms with Gasteiger partial charge in [-0.25, -0.2) is 4.98 Å². The van der Waals surface area contributed by atoms with Crippen LogP contribution in [0.5, 0.6) is 0 Å². The molecule has 18 heavy (non-hydrogen) atoms. The standard InChI is InChI=1S/C14H27N3S/c1-7-11(5)13-12(9-15-10(3)4)18-14(16-13)17(6)8-2/h10-11,15H,7-9H2,1-6H3. The summed E-state index contributed by atoms with van der Waals surface area (Å²) in [6.45, 7) is 13.0. The van der Waals surface area contributed by atoms with E-state index in [9.17, 15) is 0 Å². The van der Waals surface area contributed by atoms with Crippen molar-refractivity contribution in [2.24, 2.45) is 0 Å². The molecule has 1 unspecified atom stereocenters. The molecule has 0 amide bonds. The minimum Gasteiger partial charge on any atom is -0.351 e. The van der Waals surface area contributed by atoms with Gasteiger partial charge in [0.05, 0.1) is 5.69 Å². The lowest BCUT2D eigenvalue weighted by Gasteiger charge is -2.11. The molecule has 1 heterocycles. The molecule has 0 fully saturated rings. The third kappa shape index (κ3) is 3.95. The fourth-order valence-electron chi connectivity index (χ4n) is 1.65. The molecule has 1 rings (SSSR count). The van der Waals surface area contributed by atoms with Gasteiger partial charge in [-0.2, -0.15) is 0 Å². The molecule has 1 N–H and O–H groups in total. The highest BCUT2D eigenvalue weighted by Crippen LogP contribution is 2.31. The maximum atomic E-state index is 4.83. The lowest BCUT2D eigenvalue weighted by Crippen LogP contribution is -2.22. The van der Waals surface area contributed by atoms with Crippen LogP contribution in [0.3, 0.4) is 0 Å². The predicted molar refractivity (Wildman–Crippen MR) is 81.7 cm³/mol. The number of hydrogen-bond donors (Lipinski definition) is 1. The summed E-state index contributed by atoms with van der Waals surface area (Å²) in [4.78, 5) is 8.45. The zero-order chi connectivity index (χ0) is 13.7. The highest BCUT2D eigenvalue weighted by atomic mass is 32.1. The van der Waals surface area contributed by atoms with E-state index in [-0.39, 0.29) is 0 Å². The Balaban J connectivity index is 2.93. The molecule has 0 saturated heterocycles. The number of thiazole rings is 1. The van der Waals surface area contributed by atoms with Crippen molar-refractivity contribution in [3.63, 3.8) is 0 Å². The molecule has 0 spiro atoms. The lowest BCUT2D eigenvalue weighted by atomic mass is 10.0. The average molecular weight is 269 g/mol. The van der Waals surface area contributed by atoms with E-state index in [0.717, 1.165) is 24.6 Å². The molecule has 0 aliphatic heterocycles. The first-order valence-electron chi connectivity index (χ1n) is 6.93. The molecule has 0 aliphatic carbocycles. The molecule has 4 heteroatoms. The van der Waals surface area contributed by atoms with Crippen molar-refractivity contribution in [3.8, 4) is 0 Å². The van der Waals surface area contributed by atoms with E-state index < -0.39 is 0 Å². The molecular weight excluding hydrogens is 242 g/mol. The lowest BCUT2D eigenvalue weighted by molar-refractivity contribution is 0.584. The summed E-state index contributed by atoms with van der Waals surface area (Å²) >= 11 is 1.83. The zero-order valence-corrected chi connectivity index (χ0v) is 13.4. The summed E-state index contributed by atoms with van der Waals surface area (Å²) in [6, 6.07) is 0.518. The molecule has 1 aromatic heterocycles. The molecule has 1 atom stereocenters. The zero-order valence-electron chi connectivity index (χ0n) is 12.6. The first kappa shape index (κ1) is 15.4. The fourth-order valence-corrected chi connectivity index (χ4v) is 2.81. The maximum Gasteiger partial charge on any atom is 0.185 e. The van der Waals surface area contributed by atoms with Gasteiger partial charge in [-0.05, 0) is 19.3 Å². The second kappa shape index (κ2) is 7.10. The Morgan fingerprint density at radius 1 is 1.28 bits per heavy atom. The van der Waals surface area contributed by atoms with E-state index >= 15 is 0 Å². The molecule has 3 nitrogen and oxygen atoms in total. The second-order valence-corrected chi connectivity index (χ2v) is 6.23. The Hall–Kier alpha value is -0.610. The van der Waals surface area contributed by atoms with Crippen molar-refractivity contribution >= 4 is 16.5 Å².